The van der Waals surface area contributed by atoms with Gasteiger partial charge in [0.05, 0.1) is 0 Å². The Balaban J connectivity index is 2.75. The molecule has 0 amide bonds. The molecule has 0 aliphatic rings. The predicted molar refractivity (Wildman–Crippen MR) is 45.8 cm³/mol. The molecule has 0 radical (unpaired) electrons. The number of aromatic nitrogens is 1. The molecule has 2 atom stereocenters. The molecule has 1 aromatic rings. The molecule has 54 valence electrons. The first-order valence-electron chi connectivity index (χ1n) is 3.50. The quantitative estimate of drug-likeness (QED) is 0.648. The van der Waals surface area contributed by atoms with Crippen molar-refractivity contribution in [2.45, 2.75) is 18.1 Å². The van der Waals surface area contributed by atoms with Crippen molar-refractivity contribution in [2.24, 2.45) is 0 Å². The normalized spacial score (nSPS) is 13.0. The number of pyridine rings is 1. The van der Waals surface area contributed by atoms with E-state index in [1.807, 2.05) is 18.5 Å². The zero-order valence-corrected chi connectivity index (χ0v) is 8.54. The fraction of sp³-hybridized carbons (Fsp3) is 0.375. The zero-order chi connectivity index (χ0) is 7.40. The third kappa shape index (κ3) is 1.85. The molecule has 0 N–H and O–H groups in total. The molecule has 0 aliphatic carbocycles. The number of nitrogens with zero attached hydrogens (tertiary/aromatic N) is 1. The van der Waals surface area contributed by atoms with Crippen molar-refractivity contribution in [3.8, 4) is 0 Å². The van der Waals surface area contributed by atoms with E-state index in [0.29, 0.717) is 4.71 Å². The van der Waals surface area contributed by atoms with Gasteiger partial charge >= 0.3 is 70.0 Å². The summed E-state index contributed by atoms with van der Waals surface area (Å²) in [7, 11) is 0. The average molecular weight is 197 g/mol. The summed E-state index contributed by atoms with van der Waals surface area (Å²) >= 11 is 1.78. The van der Waals surface area contributed by atoms with Crippen molar-refractivity contribution in [1.82, 2.24) is 4.98 Å². The van der Waals surface area contributed by atoms with Crippen molar-refractivity contribution in [3.63, 3.8) is 0 Å². The molecule has 0 spiro atoms. The topological polar surface area (TPSA) is 12.9 Å². The molecule has 2 unspecified atom stereocenters. The first-order chi connectivity index (χ1) is 4.84. The van der Waals surface area contributed by atoms with Crippen LogP contribution < -0.4 is 0 Å². The van der Waals surface area contributed by atoms with Crippen LogP contribution in [0.1, 0.15) is 23.6 Å². The molecule has 1 heterocycles. The summed E-state index contributed by atoms with van der Waals surface area (Å²) in [6.45, 7) is 2.21. The second kappa shape index (κ2) is 3.77. The molecule has 1 nitrogen and oxygen atoms in total. The van der Waals surface area contributed by atoms with E-state index in [9.17, 15) is 0 Å². The van der Waals surface area contributed by atoms with E-state index in [1.165, 1.54) is 12.0 Å². The first-order valence-corrected chi connectivity index (χ1v) is 4.90. The van der Waals surface area contributed by atoms with E-state index in [4.69, 9.17) is 0 Å². The van der Waals surface area contributed by atoms with Crippen LogP contribution in [0.4, 0.5) is 0 Å². The Morgan fingerprint density at radius 3 is 3.00 bits per heavy atom. The summed E-state index contributed by atoms with van der Waals surface area (Å²) < 4.78 is 0.709. The van der Waals surface area contributed by atoms with Gasteiger partial charge in [0.15, 0.2) is 0 Å². The van der Waals surface area contributed by atoms with Gasteiger partial charge in [-0.15, -0.1) is 0 Å². The molecule has 10 heavy (non-hydrogen) atoms. The molecular weight excluding hydrogens is 185 g/mol. The van der Waals surface area contributed by atoms with Crippen LogP contribution in [0, 0.1) is 0 Å². The molecule has 0 aliphatic heterocycles. The standard InChI is InChI=1S/C8H12AsN/c1-2-8(9)7-4-3-5-10-6-7/h3-6,8H,2,9H2,1H3. The van der Waals surface area contributed by atoms with E-state index >= 15 is 0 Å². The minimum atomic E-state index is 0.709. The molecule has 1 rings (SSSR count). The Morgan fingerprint density at radius 2 is 2.50 bits per heavy atom. The van der Waals surface area contributed by atoms with Crippen LogP contribution in [-0.2, 0) is 0 Å². The number of hydrogen-bond acceptors (Lipinski definition) is 1. The third-order valence-corrected chi connectivity index (χ3v) is 3.35. The van der Waals surface area contributed by atoms with Crippen molar-refractivity contribution in [3.05, 3.63) is 30.1 Å². The maximum atomic E-state index is 4.06. The van der Waals surface area contributed by atoms with Crippen LogP contribution in [0.15, 0.2) is 24.5 Å². The fourth-order valence-electron chi connectivity index (χ4n) is 0.831. The van der Waals surface area contributed by atoms with E-state index in [2.05, 4.69) is 18.0 Å². The Kier molecular flexibility index (Phi) is 2.95. The van der Waals surface area contributed by atoms with Crippen LogP contribution in [0.2, 0.25) is 0 Å². The van der Waals surface area contributed by atoms with Gasteiger partial charge in [-0.1, -0.05) is 0 Å². The van der Waals surface area contributed by atoms with E-state index < -0.39 is 0 Å². The number of rotatable bonds is 2. The zero-order valence-electron chi connectivity index (χ0n) is 6.12. The van der Waals surface area contributed by atoms with E-state index in [1.54, 1.807) is 16.9 Å². The molecule has 0 fully saturated rings. The molecular formula is C8H12AsN. The molecule has 0 saturated carbocycles. The summed E-state index contributed by atoms with van der Waals surface area (Å²) in [6, 6.07) is 4.14. The summed E-state index contributed by atoms with van der Waals surface area (Å²) in [6.07, 6.45) is 4.99. The van der Waals surface area contributed by atoms with Gasteiger partial charge < -0.3 is 0 Å². The second-order valence-corrected chi connectivity index (χ2v) is 3.99. The molecule has 0 saturated heterocycles. The van der Waals surface area contributed by atoms with Crippen LogP contribution in [0.25, 0.3) is 0 Å². The molecule has 2 heteroatoms. The third-order valence-electron chi connectivity index (χ3n) is 1.55. The van der Waals surface area contributed by atoms with Crippen molar-refractivity contribution >= 4 is 16.9 Å². The Labute approximate surface area is 70.4 Å². The summed E-state index contributed by atoms with van der Waals surface area (Å²) in [4.78, 5) is 4.06. The number of hydrogen-bond donors (Lipinski definition) is 0. The second-order valence-electron chi connectivity index (χ2n) is 2.30. The molecule has 1 aromatic heterocycles. The van der Waals surface area contributed by atoms with Crippen molar-refractivity contribution in [1.29, 1.82) is 0 Å². The van der Waals surface area contributed by atoms with Crippen LogP contribution >= 0.6 is 0 Å². The van der Waals surface area contributed by atoms with Gasteiger partial charge in [0.2, 0.25) is 0 Å². The predicted octanol–water partition coefficient (Wildman–Crippen LogP) is 1.17. The maximum absolute atomic E-state index is 4.06. The summed E-state index contributed by atoms with van der Waals surface area (Å²) in [5.41, 5.74) is 1.37. The first kappa shape index (κ1) is 7.81. The molecule has 0 aromatic carbocycles. The van der Waals surface area contributed by atoms with Gasteiger partial charge in [-0.05, 0) is 0 Å². The average Bonchev–Trinajstić information content (AvgIpc) is 2.05. The SMILES string of the molecule is CCC([AsH2])c1cccnc1. The Hall–Kier alpha value is -0.292. The van der Waals surface area contributed by atoms with Crippen molar-refractivity contribution < 1.29 is 0 Å². The van der Waals surface area contributed by atoms with Crippen LogP contribution in [-0.4, -0.2) is 21.8 Å². The van der Waals surface area contributed by atoms with Crippen LogP contribution in [0.3, 0.4) is 0 Å². The van der Waals surface area contributed by atoms with Gasteiger partial charge in [0.1, 0.15) is 0 Å². The van der Waals surface area contributed by atoms with Gasteiger partial charge in [-0.25, -0.2) is 0 Å². The monoisotopic (exact) mass is 197 g/mol. The minimum absolute atomic E-state index is 0.709. The van der Waals surface area contributed by atoms with Crippen LogP contribution in [0.5, 0.6) is 0 Å². The Bertz CT molecular complexity index is 186. The van der Waals surface area contributed by atoms with Gasteiger partial charge in [0, 0.05) is 0 Å². The fourth-order valence-corrected chi connectivity index (χ4v) is 1.24. The molecule has 0 bridgehead atoms. The van der Waals surface area contributed by atoms with Gasteiger partial charge in [-0.2, -0.15) is 0 Å². The summed E-state index contributed by atoms with van der Waals surface area (Å²) in [5, 5.41) is 0. The van der Waals surface area contributed by atoms with E-state index in [-0.39, 0.29) is 0 Å². The summed E-state index contributed by atoms with van der Waals surface area (Å²) in [5.74, 6) is 0. The van der Waals surface area contributed by atoms with Crippen molar-refractivity contribution in [2.75, 3.05) is 0 Å². The van der Waals surface area contributed by atoms with Gasteiger partial charge in [0.25, 0.3) is 0 Å². The Morgan fingerprint density at radius 1 is 1.70 bits per heavy atom. The van der Waals surface area contributed by atoms with E-state index in [0.717, 1.165) is 0 Å². The van der Waals surface area contributed by atoms with Gasteiger partial charge in [-0.3, -0.25) is 0 Å².